The second-order valence-corrected chi connectivity index (χ2v) is 9.59. The van der Waals surface area contributed by atoms with Gasteiger partial charge in [0.05, 0.1) is 4.90 Å². The van der Waals surface area contributed by atoms with E-state index in [9.17, 15) is 13.2 Å². The molecule has 1 atom stereocenters. The van der Waals surface area contributed by atoms with Gasteiger partial charge in [-0.1, -0.05) is 73.7 Å². The number of hydrogen-bond acceptors (Lipinski definition) is 3. The van der Waals surface area contributed by atoms with E-state index in [2.05, 4.69) is 10.0 Å². The lowest BCUT2D eigenvalue weighted by atomic mass is 10.0. The Morgan fingerprint density at radius 2 is 1.59 bits per heavy atom. The summed E-state index contributed by atoms with van der Waals surface area (Å²) < 4.78 is 28.5. The molecule has 0 bridgehead atoms. The van der Waals surface area contributed by atoms with Crippen molar-refractivity contribution in [2.75, 3.05) is 0 Å². The number of carbonyl (C=O) groups is 1. The Bertz CT molecular complexity index is 887. The molecular weight excluding hydrogens is 384 g/mol. The summed E-state index contributed by atoms with van der Waals surface area (Å²) >= 11 is 0. The monoisotopic (exact) mass is 414 g/mol. The number of hydrogen-bond donors (Lipinski definition) is 2. The maximum absolute atomic E-state index is 13.1. The predicted octanol–water partition coefficient (Wildman–Crippen LogP) is 3.72. The Morgan fingerprint density at radius 1 is 0.966 bits per heavy atom. The van der Waals surface area contributed by atoms with Crippen LogP contribution in [-0.4, -0.2) is 26.4 Å². The van der Waals surface area contributed by atoms with Crippen molar-refractivity contribution < 1.29 is 13.2 Å². The minimum absolute atomic E-state index is 0.118. The maximum atomic E-state index is 13.1. The Morgan fingerprint density at radius 3 is 2.21 bits per heavy atom. The number of amides is 1. The van der Waals surface area contributed by atoms with Gasteiger partial charge in [0.25, 0.3) is 0 Å². The van der Waals surface area contributed by atoms with Crippen molar-refractivity contribution in [2.24, 2.45) is 0 Å². The molecule has 0 heterocycles. The van der Waals surface area contributed by atoms with E-state index in [1.807, 2.05) is 37.3 Å². The van der Waals surface area contributed by atoms with Crippen LogP contribution >= 0.6 is 0 Å². The topological polar surface area (TPSA) is 75.3 Å². The van der Waals surface area contributed by atoms with Crippen molar-refractivity contribution in [3.63, 3.8) is 0 Å². The zero-order valence-corrected chi connectivity index (χ0v) is 17.8. The van der Waals surface area contributed by atoms with Crippen molar-refractivity contribution in [3.8, 4) is 0 Å². The minimum Gasteiger partial charge on any atom is -0.352 e. The van der Waals surface area contributed by atoms with Crippen molar-refractivity contribution in [3.05, 3.63) is 65.7 Å². The van der Waals surface area contributed by atoms with Gasteiger partial charge in [-0.3, -0.25) is 4.79 Å². The molecule has 1 aliphatic rings. The van der Waals surface area contributed by atoms with Crippen molar-refractivity contribution in [2.45, 2.75) is 68.8 Å². The van der Waals surface area contributed by atoms with E-state index in [1.54, 1.807) is 24.3 Å². The molecule has 0 aromatic heterocycles. The van der Waals surface area contributed by atoms with Crippen LogP contribution in [0.2, 0.25) is 0 Å². The summed E-state index contributed by atoms with van der Waals surface area (Å²) in [5, 5.41) is 3.10. The first-order chi connectivity index (χ1) is 13.9. The van der Waals surface area contributed by atoms with Crippen LogP contribution in [0.4, 0.5) is 0 Å². The lowest BCUT2D eigenvalue weighted by molar-refractivity contribution is -0.123. The van der Waals surface area contributed by atoms with Crippen molar-refractivity contribution in [1.29, 1.82) is 0 Å². The van der Waals surface area contributed by atoms with Gasteiger partial charge in [-0.25, -0.2) is 8.42 Å². The van der Waals surface area contributed by atoms with Gasteiger partial charge >= 0.3 is 0 Å². The minimum atomic E-state index is -3.80. The first kappa shape index (κ1) is 21.5. The van der Waals surface area contributed by atoms with Crippen molar-refractivity contribution in [1.82, 2.24) is 10.0 Å². The molecule has 1 aliphatic carbocycles. The summed E-state index contributed by atoms with van der Waals surface area (Å²) in [6, 6.07) is 15.4. The molecule has 1 fully saturated rings. The summed E-state index contributed by atoms with van der Waals surface area (Å²) in [4.78, 5) is 13.2. The third-order valence-corrected chi connectivity index (χ3v) is 6.92. The van der Waals surface area contributed by atoms with E-state index in [4.69, 9.17) is 0 Å². The molecular formula is C23H30N2O3S. The van der Waals surface area contributed by atoms with E-state index in [0.29, 0.717) is 6.42 Å². The molecule has 0 saturated heterocycles. The Balaban J connectivity index is 1.78. The van der Waals surface area contributed by atoms with Crippen LogP contribution in [-0.2, 0) is 21.2 Å². The Hall–Kier alpha value is -2.18. The molecule has 2 aromatic carbocycles. The predicted molar refractivity (Wildman–Crippen MR) is 115 cm³/mol. The summed E-state index contributed by atoms with van der Waals surface area (Å²) in [7, 11) is -3.80. The summed E-state index contributed by atoms with van der Waals surface area (Å²) in [5.41, 5.74) is 1.90. The molecule has 6 heteroatoms. The third-order valence-electron chi connectivity index (χ3n) is 5.43. The number of carbonyl (C=O) groups excluding carboxylic acids is 1. The van der Waals surface area contributed by atoms with Crippen LogP contribution < -0.4 is 10.0 Å². The fourth-order valence-electron chi connectivity index (χ4n) is 3.74. The average Bonchev–Trinajstić information content (AvgIpc) is 2.97. The fraction of sp³-hybridized carbons (Fsp3) is 0.435. The smallest absolute Gasteiger partial charge is 0.241 e. The SMILES string of the molecule is Cc1ccc(S(=O)(=O)NC(Cc2ccccc2)C(=O)NC2CCCCCC2)cc1. The molecule has 156 valence electrons. The second-order valence-electron chi connectivity index (χ2n) is 7.87. The highest BCUT2D eigenvalue weighted by Crippen LogP contribution is 2.18. The van der Waals surface area contributed by atoms with Gasteiger partial charge in [-0.2, -0.15) is 4.72 Å². The van der Waals surface area contributed by atoms with E-state index >= 15 is 0 Å². The first-order valence-corrected chi connectivity index (χ1v) is 11.9. The van der Waals surface area contributed by atoms with Crippen LogP contribution in [0.25, 0.3) is 0 Å². The van der Waals surface area contributed by atoms with E-state index in [-0.39, 0.29) is 16.8 Å². The molecule has 1 saturated carbocycles. The molecule has 2 aromatic rings. The molecule has 29 heavy (non-hydrogen) atoms. The van der Waals surface area contributed by atoms with Crippen LogP contribution in [0.1, 0.15) is 49.7 Å². The number of sulfonamides is 1. The highest BCUT2D eigenvalue weighted by molar-refractivity contribution is 7.89. The number of aryl methyl sites for hydroxylation is 1. The van der Waals surface area contributed by atoms with Gasteiger partial charge in [0.15, 0.2) is 0 Å². The average molecular weight is 415 g/mol. The number of nitrogens with one attached hydrogen (secondary N) is 2. The van der Waals surface area contributed by atoms with Gasteiger partial charge in [-0.05, 0) is 43.9 Å². The molecule has 1 amide bonds. The number of benzene rings is 2. The Kier molecular flexibility index (Phi) is 7.45. The van der Waals surface area contributed by atoms with Gasteiger partial charge in [0.1, 0.15) is 6.04 Å². The lowest BCUT2D eigenvalue weighted by Gasteiger charge is -2.23. The highest BCUT2D eigenvalue weighted by atomic mass is 32.2. The largest absolute Gasteiger partial charge is 0.352 e. The molecule has 2 N–H and O–H groups in total. The normalized spacial score (nSPS) is 16.7. The van der Waals surface area contributed by atoms with Gasteiger partial charge < -0.3 is 5.32 Å². The summed E-state index contributed by atoms with van der Waals surface area (Å²) in [5.74, 6) is -0.253. The summed E-state index contributed by atoms with van der Waals surface area (Å²) in [6.45, 7) is 1.90. The van der Waals surface area contributed by atoms with E-state index in [1.165, 1.54) is 12.8 Å². The van der Waals surface area contributed by atoms with Gasteiger partial charge in [0, 0.05) is 6.04 Å². The zero-order chi connectivity index (χ0) is 20.7. The standard InChI is InChI=1S/C23H30N2O3S/c1-18-13-15-21(16-14-18)29(27,28)25-22(17-19-9-5-4-6-10-19)23(26)24-20-11-7-2-3-8-12-20/h4-6,9-10,13-16,20,22,25H,2-3,7-8,11-12,17H2,1H3,(H,24,26). The molecule has 0 radical (unpaired) electrons. The first-order valence-electron chi connectivity index (χ1n) is 10.4. The highest BCUT2D eigenvalue weighted by Gasteiger charge is 2.27. The molecule has 0 aliphatic heterocycles. The van der Waals surface area contributed by atoms with Crippen LogP contribution in [0.3, 0.4) is 0 Å². The Labute approximate surface area is 174 Å². The lowest BCUT2D eigenvalue weighted by Crippen LogP contribution is -2.50. The third kappa shape index (κ3) is 6.41. The number of rotatable bonds is 7. The molecule has 3 rings (SSSR count). The second kappa shape index (κ2) is 10.0. The quantitative estimate of drug-likeness (QED) is 0.678. The van der Waals surface area contributed by atoms with Crippen LogP contribution in [0.5, 0.6) is 0 Å². The van der Waals surface area contributed by atoms with E-state index in [0.717, 1.165) is 36.8 Å². The van der Waals surface area contributed by atoms with Crippen molar-refractivity contribution >= 4 is 15.9 Å². The molecule has 5 nitrogen and oxygen atoms in total. The molecule has 1 unspecified atom stereocenters. The fourth-order valence-corrected chi connectivity index (χ4v) is 4.93. The van der Waals surface area contributed by atoms with Crippen LogP contribution in [0.15, 0.2) is 59.5 Å². The van der Waals surface area contributed by atoms with Gasteiger partial charge in [0.2, 0.25) is 15.9 Å². The van der Waals surface area contributed by atoms with Crippen LogP contribution in [0, 0.1) is 6.92 Å². The maximum Gasteiger partial charge on any atom is 0.241 e. The summed E-state index contributed by atoms with van der Waals surface area (Å²) in [6.07, 6.45) is 6.81. The van der Waals surface area contributed by atoms with E-state index < -0.39 is 16.1 Å². The zero-order valence-electron chi connectivity index (χ0n) is 16.9. The molecule has 0 spiro atoms. The van der Waals surface area contributed by atoms with Gasteiger partial charge in [-0.15, -0.1) is 0 Å².